The molecule has 0 saturated heterocycles. The number of thiazole rings is 1. The summed E-state index contributed by atoms with van der Waals surface area (Å²) >= 11 is 1.54. The van der Waals surface area contributed by atoms with Crippen molar-refractivity contribution in [2.45, 2.75) is 51.4 Å². The average Bonchev–Trinajstić information content (AvgIpc) is 2.78. The van der Waals surface area contributed by atoms with Crippen LogP contribution in [0.25, 0.3) is 0 Å². The van der Waals surface area contributed by atoms with Crippen molar-refractivity contribution in [2.75, 3.05) is 5.32 Å². The van der Waals surface area contributed by atoms with E-state index in [9.17, 15) is 4.79 Å². The van der Waals surface area contributed by atoms with E-state index in [2.05, 4.69) is 15.7 Å². The Morgan fingerprint density at radius 1 is 1.56 bits per heavy atom. The Balaban J connectivity index is 0.00000144. The molecule has 16 heavy (non-hydrogen) atoms. The molecule has 1 N–H and O–H groups in total. The van der Waals surface area contributed by atoms with Gasteiger partial charge in [0.25, 0.3) is 0 Å². The molecule has 0 bridgehead atoms. The molecule has 1 amide bonds. The van der Waals surface area contributed by atoms with Crippen LogP contribution in [0.15, 0.2) is 5.38 Å². The number of hydrogen-bond donors (Lipinski definition) is 1. The van der Waals surface area contributed by atoms with Crippen LogP contribution in [0.4, 0.5) is 5.13 Å². The van der Waals surface area contributed by atoms with Crippen LogP contribution in [0.5, 0.6) is 0 Å². The molecule has 2 rings (SSSR count). The highest BCUT2D eigenvalue weighted by molar-refractivity contribution is 7.13. The summed E-state index contributed by atoms with van der Waals surface area (Å²) in [6.45, 7) is 1.85. The van der Waals surface area contributed by atoms with Crippen LogP contribution in [0.1, 0.15) is 58.5 Å². The summed E-state index contributed by atoms with van der Waals surface area (Å²) < 4.78 is 0. The van der Waals surface area contributed by atoms with Crippen molar-refractivity contribution in [3.63, 3.8) is 0 Å². The Morgan fingerprint density at radius 3 is 3.00 bits per heavy atom. The molecule has 1 aromatic heterocycles. The van der Waals surface area contributed by atoms with Gasteiger partial charge in [-0.15, -0.1) is 11.3 Å². The predicted octanol–water partition coefficient (Wildman–Crippen LogP) is 3.79. The standard InChI is InChI=1S/C12H18N2OS.H2/c1-2-11(15)14-12-13-10(8-16-12)9-6-4-3-5-7-9;/h8-9H,2-7H2,1H3,(H,13,14,15);1H. The van der Waals surface area contributed by atoms with E-state index in [-0.39, 0.29) is 7.33 Å². The Morgan fingerprint density at radius 2 is 2.31 bits per heavy atom. The molecule has 0 aromatic carbocycles. The van der Waals surface area contributed by atoms with Crippen LogP contribution in [0.2, 0.25) is 0 Å². The first-order valence-corrected chi connectivity index (χ1v) is 6.93. The molecular formula is C12H20N2OS. The predicted molar refractivity (Wildman–Crippen MR) is 69.0 cm³/mol. The van der Waals surface area contributed by atoms with Crippen molar-refractivity contribution in [1.82, 2.24) is 4.98 Å². The number of amides is 1. The van der Waals surface area contributed by atoms with Crippen LogP contribution in [0.3, 0.4) is 0 Å². The van der Waals surface area contributed by atoms with Gasteiger partial charge in [0.2, 0.25) is 5.91 Å². The third-order valence-electron chi connectivity index (χ3n) is 3.11. The van der Waals surface area contributed by atoms with Gasteiger partial charge in [-0.05, 0) is 12.8 Å². The number of rotatable bonds is 3. The van der Waals surface area contributed by atoms with Crippen molar-refractivity contribution in [2.24, 2.45) is 0 Å². The molecule has 1 aliphatic carbocycles. The van der Waals surface area contributed by atoms with Crippen molar-refractivity contribution in [1.29, 1.82) is 0 Å². The molecule has 90 valence electrons. The lowest BCUT2D eigenvalue weighted by atomic mass is 9.87. The highest BCUT2D eigenvalue weighted by Crippen LogP contribution is 2.33. The van der Waals surface area contributed by atoms with E-state index in [1.807, 2.05) is 6.92 Å². The van der Waals surface area contributed by atoms with Crippen LogP contribution in [-0.2, 0) is 4.79 Å². The van der Waals surface area contributed by atoms with E-state index in [0.717, 1.165) is 5.13 Å². The topological polar surface area (TPSA) is 42.0 Å². The molecule has 0 atom stereocenters. The van der Waals surface area contributed by atoms with Crippen LogP contribution in [-0.4, -0.2) is 10.9 Å². The lowest BCUT2D eigenvalue weighted by Gasteiger charge is -2.19. The summed E-state index contributed by atoms with van der Waals surface area (Å²) in [6.07, 6.45) is 7.02. The molecule has 0 radical (unpaired) electrons. The Labute approximate surface area is 102 Å². The van der Waals surface area contributed by atoms with Gasteiger partial charge in [0.15, 0.2) is 5.13 Å². The summed E-state index contributed by atoms with van der Waals surface area (Å²) in [5, 5.41) is 5.67. The fourth-order valence-electron chi connectivity index (χ4n) is 2.14. The maximum Gasteiger partial charge on any atom is 0.225 e. The minimum absolute atomic E-state index is 0. The lowest BCUT2D eigenvalue weighted by Crippen LogP contribution is -2.10. The van der Waals surface area contributed by atoms with Gasteiger partial charge >= 0.3 is 0 Å². The minimum Gasteiger partial charge on any atom is -0.302 e. The molecule has 1 aromatic rings. The zero-order valence-corrected chi connectivity index (χ0v) is 10.5. The molecule has 0 unspecified atom stereocenters. The first-order valence-electron chi connectivity index (χ1n) is 6.05. The summed E-state index contributed by atoms with van der Waals surface area (Å²) in [4.78, 5) is 15.7. The van der Waals surface area contributed by atoms with Crippen LogP contribution < -0.4 is 5.32 Å². The highest BCUT2D eigenvalue weighted by Gasteiger charge is 2.18. The lowest BCUT2D eigenvalue weighted by molar-refractivity contribution is -0.115. The van der Waals surface area contributed by atoms with Gasteiger partial charge in [-0.25, -0.2) is 4.98 Å². The number of carbonyl (C=O) groups excluding carboxylic acids is 1. The number of hydrogen-bond acceptors (Lipinski definition) is 3. The molecule has 1 saturated carbocycles. The summed E-state index contributed by atoms with van der Waals surface area (Å²) in [7, 11) is 0. The monoisotopic (exact) mass is 240 g/mol. The average molecular weight is 240 g/mol. The van der Waals surface area contributed by atoms with Crippen LogP contribution >= 0.6 is 11.3 Å². The van der Waals surface area contributed by atoms with Crippen molar-refractivity contribution < 1.29 is 6.22 Å². The van der Waals surface area contributed by atoms with E-state index >= 15 is 0 Å². The number of aromatic nitrogens is 1. The molecule has 0 aliphatic heterocycles. The van der Waals surface area contributed by atoms with E-state index in [1.165, 1.54) is 37.8 Å². The van der Waals surface area contributed by atoms with Crippen LogP contribution in [0, 0.1) is 0 Å². The molecule has 1 heterocycles. The summed E-state index contributed by atoms with van der Waals surface area (Å²) in [5.74, 6) is 0.668. The molecule has 3 nitrogen and oxygen atoms in total. The molecular weight excluding hydrogens is 220 g/mol. The molecule has 1 aliphatic rings. The molecule has 4 heteroatoms. The Kier molecular flexibility index (Phi) is 3.93. The van der Waals surface area contributed by atoms with Gasteiger partial charge in [0, 0.05) is 19.1 Å². The number of nitrogens with one attached hydrogen (secondary N) is 1. The second-order valence-corrected chi connectivity index (χ2v) is 5.17. The number of anilines is 1. The molecule has 1 fully saturated rings. The first-order chi connectivity index (χ1) is 7.79. The van der Waals surface area contributed by atoms with Gasteiger partial charge in [-0.3, -0.25) is 4.79 Å². The normalized spacial score (nSPS) is 17.3. The highest BCUT2D eigenvalue weighted by atomic mass is 32.1. The van der Waals surface area contributed by atoms with Crippen molar-refractivity contribution in [3.05, 3.63) is 11.1 Å². The number of nitrogens with zero attached hydrogens (tertiary/aromatic N) is 1. The van der Waals surface area contributed by atoms with Crippen molar-refractivity contribution >= 4 is 22.4 Å². The van der Waals surface area contributed by atoms with E-state index < -0.39 is 0 Å². The summed E-state index contributed by atoms with van der Waals surface area (Å²) in [6, 6.07) is 0. The van der Waals surface area contributed by atoms with E-state index in [0.29, 0.717) is 12.3 Å². The van der Waals surface area contributed by atoms with Gasteiger partial charge in [-0.2, -0.15) is 0 Å². The second-order valence-electron chi connectivity index (χ2n) is 4.31. The molecule has 0 spiro atoms. The first kappa shape index (κ1) is 11.6. The van der Waals surface area contributed by atoms with Crippen molar-refractivity contribution in [3.8, 4) is 0 Å². The van der Waals surface area contributed by atoms with Gasteiger partial charge in [0.1, 0.15) is 0 Å². The fraction of sp³-hybridized carbons (Fsp3) is 0.667. The van der Waals surface area contributed by atoms with Gasteiger partial charge < -0.3 is 5.32 Å². The SMILES string of the molecule is CCC(=O)Nc1nc(C2CCCCC2)cs1.[HH]. The van der Waals surface area contributed by atoms with E-state index in [1.54, 1.807) is 11.3 Å². The van der Waals surface area contributed by atoms with Gasteiger partial charge in [-0.1, -0.05) is 26.2 Å². The number of carbonyl (C=O) groups is 1. The third kappa shape index (κ3) is 2.82. The zero-order chi connectivity index (χ0) is 11.4. The third-order valence-corrected chi connectivity index (χ3v) is 3.89. The van der Waals surface area contributed by atoms with E-state index in [4.69, 9.17) is 0 Å². The largest absolute Gasteiger partial charge is 0.302 e. The fourth-order valence-corrected chi connectivity index (χ4v) is 2.95. The second kappa shape index (κ2) is 5.43. The smallest absolute Gasteiger partial charge is 0.225 e. The van der Waals surface area contributed by atoms with Gasteiger partial charge in [0.05, 0.1) is 5.69 Å². The Hall–Kier alpha value is -0.900. The zero-order valence-electron chi connectivity index (χ0n) is 9.66. The Bertz CT molecular complexity index is 361. The minimum atomic E-state index is 0. The quantitative estimate of drug-likeness (QED) is 0.873. The maximum atomic E-state index is 11.2. The summed E-state index contributed by atoms with van der Waals surface area (Å²) in [5.41, 5.74) is 1.18. The maximum absolute atomic E-state index is 11.2.